The van der Waals surface area contributed by atoms with E-state index >= 15 is 0 Å². The Kier molecular flexibility index (Phi) is 5.36. The maximum absolute atomic E-state index is 12.9. The third-order valence-corrected chi connectivity index (χ3v) is 5.31. The Morgan fingerprint density at radius 2 is 1.89 bits per heavy atom. The van der Waals surface area contributed by atoms with E-state index in [4.69, 9.17) is 9.47 Å². The van der Waals surface area contributed by atoms with Gasteiger partial charge >= 0.3 is 0 Å². The van der Waals surface area contributed by atoms with Gasteiger partial charge in [0.05, 0.1) is 30.1 Å². The highest BCUT2D eigenvalue weighted by atomic mass is 32.1. The first-order chi connectivity index (χ1) is 12.9. The molecule has 2 aromatic heterocycles. The lowest BCUT2D eigenvalue weighted by Gasteiger charge is -2.08. The summed E-state index contributed by atoms with van der Waals surface area (Å²) in [7, 11) is 3.21. The molecule has 0 aliphatic rings. The SMILES string of the molecule is CCn1c(=NC(=O)c2cc(C)nn2C(C)C)sc2cc(OC)c(OC)cc21. The number of benzene rings is 1. The molecule has 3 aromatic rings. The molecule has 1 aromatic carbocycles. The zero-order valence-electron chi connectivity index (χ0n) is 16.4. The number of rotatable bonds is 5. The van der Waals surface area contributed by atoms with Crippen LogP contribution in [0.1, 0.15) is 43.0 Å². The molecule has 0 bridgehead atoms. The van der Waals surface area contributed by atoms with E-state index in [-0.39, 0.29) is 11.9 Å². The summed E-state index contributed by atoms with van der Waals surface area (Å²) in [6, 6.07) is 5.70. The number of methoxy groups -OCH3 is 2. The van der Waals surface area contributed by atoms with Crippen LogP contribution in [0.25, 0.3) is 10.2 Å². The van der Waals surface area contributed by atoms with Crippen molar-refractivity contribution in [3.05, 3.63) is 34.4 Å². The summed E-state index contributed by atoms with van der Waals surface area (Å²) in [4.78, 5) is 17.9. The minimum absolute atomic E-state index is 0.0853. The lowest BCUT2D eigenvalue weighted by atomic mass is 10.3. The zero-order valence-corrected chi connectivity index (χ0v) is 17.3. The lowest BCUT2D eigenvalue weighted by Crippen LogP contribution is -2.18. The summed E-state index contributed by atoms with van der Waals surface area (Å²) in [6.45, 7) is 8.57. The second-order valence-electron chi connectivity index (χ2n) is 6.43. The summed E-state index contributed by atoms with van der Waals surface area (Å²) in [5, 5.41) is 4.40. The van der Waals surface area contributed by atoms with Crippen molar-refractivity contribution < 1.29 is 14.3 Å². The smallest absolute Gasteiger partial charge is 0.297 e. The van der Waals surface area contributed by atoms with E-state index in [1.165, 1.54) is 11.3 Å². The molecule has 0 radical (unpaired) electrons. The molecule has 2 heterocycles. The Morgan fingerprint density at radius 3 is 2.48 bits per heavy atom. The minimum Gasteiger partial charge on any atom is -0.493 e. The molecule has 0 spiro atoms. The van der Waals surface area contributed by atoms with E-state index in [0.717, 1.165) is 15.9 Å². The fraction of sp³-hybridized carbons (Fsp3) is 0.421. The van der Waals surface area contributed by atoms with Gasteiger partial charge in [0.25, 0.3) is 5.91 Å². The molecule has 0 aliphatic carbocycles. The Morgan fingerprint density at radius 1 is 1.22 bits per heavy atom. The van der Waals surface area contributed by atoms with Gasteiger partial charge in [0.1, 0.15) is 5.69 Å². The van der Waals surface area contributed by atoms with Crippen molar-refractivity contribution in [2.75, 3.05) is 14.2 Å². The van der Waals surface area contributed by atoms with E-state index in [1.54, 1.807) is 25.0 Å². The van der Waals surface area contributed by atoms with Crippen molar-refractivity contribution in [1.29, 1.82) is 0 Å². The molecule has 144 valence electrons. The first-order valence-corrected chi connectivity index (χ1v) is 9.61. The van der Waals surface area contributed by atoms with E-state index in [1.807, 2.05) is 44.4 Å². The van der Waals surface area contributed by atoms with Crippen LogP contribution < -0.4 is 14.3 Å². The van der Waals surface area contributed by atoms with Crippen LogP contribution >= 0.6 is 11.3 Å². The number of aryl methyl sites for hydroxylation is 2. The number of hydrogen-bond donors (Lipinski definition) is 0. The monoisotopic (exact) mass is 388 g/mol. The van der Waals surface area contributed by atoms with E-state index in [0.29, 0.717) is 28.5 Å². The van der Waals surface area contributed by atoms with Crippen molar-refractivity contribution >= 4 is 27.5 Å². The molecular formula is C19H24N4O3S. The lowest BCUT2D eigenvalue weighted by molar-refractivity contribution is 0.0986. The van der Waals surface area contributed by atoms with Crippen molar-refractivity contribution in [1.82, 2.24) is 14.3 Å². The number of carbonyl (C=O) groups excluding carboxylic acids is 1. The summed E-state index contributed by atoms with van der Waals surface area (Å²) >= 11 is 1.45. The average molecular weight is 388 g/mol. The van der Waals surface area contributed by atoms with Crippen LogP contribution in [0.3, 0.4) is 0 Å². The highest BCUT2D eigenvalue weighted by molar-refractivity contribution is 7.16. The van der Waals surface area contributed by atoms with Crippen LogP contribution in [0.15, 0.2) is 23.2 Å². The van der Waals surface area contributed by atoms with Gasteiger partial charge in [0.15, 0.2) is 16.3 Å². The molecule has 3 rings (SSSR count). The van der Waals surface area contributed by atoms with Crippen molar-refractivity contribution in [2.45, 2.75) is 40.3 Å². The quantitative estimate of drug-likeness (QED) is 0.670. The van der Waals surface area contributed by atoms with Gasteiger partial charge in [-0.05, 0) is 33.8 Å². The van der Waals surface area contributed by atoms with E-state index in [9.17, 15) is 4.79 Å². The van der Waals surface area contributed by atoms with Gasteiger partial charge in [-0.1, -0.05) is 11.3 Å². The average Bonchev–Trinajstić information content (AvgIpc) is 3.19. The molecule has 0 fully saturated rings. The number of hydrogen-bond acceptors (Lipinski definition) is 5. The maximum atomic E-state index is 12.9. The van der Waals surface area contributed by atoms with Crippen LogP contribution in [0.2, 0.25) is 0 Å². The summed E-state index contributed by atoms with van der Waals surface area (Å²) in [5.74, 6) is 1.01. The molecular weight excluding hydrogens is 364 g/mol. The highest BCUT2D eigenvalue weighted by Gasteiger charge is 2.17. The van der Waals surface area contributed by atoms with Crippen LogP contribution in [-0.4, -0.2) is 34.5 Å². The first kappa shape index (κ1) is 19.2. The number of carbonyl (C=O) groups is 1. The molecule has 0 saturated heterocycles. The molecule has 0 N–H and O–H groups in total. The number of fused-ring (bicyclic) bond motifs is 1. The zero-order chi connectivity index (χ0) is 19.7. The molecule has 0 atom stereocenters. The second-order valence-corrected chi connectivity index (χ2v) is 7.44. The molecule has 0 saturated carbocycles. The Labute approximate surface area is 161 Å². The molecule has 8 heteroatoms. The summed E-state index contributed by atoms with van der Waals surface area (Å²) in [6.07, 6.45) is 0. The third-order valence-electron chi connectivity index (χ3n) is 4.27. The van der Waals surface area contributed by atoms with Crippen molar-refractivity contribution in [2.24, 2.45) is 4.99 Å². The largest absolute Gasteiger partial charge is 0.493 e. The van der Waals surface area contributed by atoms with Gasteiger partial charge in [-0.25, -0.2) is 0 Å². The fourth-order valence-electron chi connectivity index (χ4n) is 3.00. The third kappa shape index (κ3) is 3.49. The Hall–Kier alpha value is -2.61. The maximum Gasteiger partial charge on any atom is 0.297 e. The molecule has 1 amide bonds. The van der Waals surface area contributed by atoms with Crippen molar-refractivity contribution in [3.8, 4) is 11.5 Å². The van der Waals surface area contributed by atoms with E-state index in [2.05, 4.69) is 10.1 Å². The Balaban J connectivity index is 2.17. The van der Waals surface area contributed by atoms with E-state index < -0.39 is 0 Å². The molecule has 7 nitrogen and oxygen atoms in total. The normalized spacial score (nSPS) is 12.2. The number of aromatic nitrogens is 3. The van der Waals surface area contributed by atoms with Crippen LogP contribution in [0, 0.1) is 6.92 Å². The number of amides is 1. The Bertz CT molecular complexity index is 1060. The minimum atomic E-state index is -0.294. The van der Waals surface area contributed by atoms with Gasteiger partial charge in [0, 0.05) is 24.7 Å². The molecule has 27 heavy (non-hydrogen) atoms. The molecule has 0 aliphatic heterocycles. The topological polar surface area (TPSA) is 70.6 Å². The van der Waals surface area contributed by atoms with Crippen molar-refractivity contribution in [3.63, 3.8) is 0 Å². The summed E-state index contributed by atoms with van der Waals surface area (Å²) < 4.78 is 15.5. The van der Waals surface area contributed by atoms with Gasteiger partial charge < -0.3 is 14.0 Å². The predicted octanol–water partition coefficient (Wildman–Crippen LogP) is 3.57. The summed E-state index contributed by atoms with van der Waals surface area (Å²) in [5.41, 5.74) is 2.26. The van der Waals surface area contributed by atoms with Gasteiger partial charge in [-0.3, -0.25) is 9.48 Å². The van der Waals surface area contributed by atoms with Gasteiger partial charge in [-0.2, -0.15) is 10.1 Å². The highest BCUT2D eigenvalue weighted by Crippen LogP contribution is 2.33. The standard InChI is InChI=1S/C19H24N4O3S/c1-7-22-13-9-15(25-5)16(26-6)10-17(13)27-19(22)20-18(24)14-8-12(4)21-23(14)11(2)3/h8-11H,7H2,1-6H3. The second kappa shape index (κ2) is 7.56. The van der Waals surface area contributed by atoms with Crippen LogP contribution in [-0.2, 0) is 6.54 Å². The molecule has 0 unspecified atom stereocenters. The number of nitrogens with zero attached hydrogens (tertiary/aromatic N) is 4. The van der Waals surface area contributed by atoms with Gasteiger partial charge in [-0.15, -0.1) is 0 Å². The predicted molar refractivity (Wildman–Crippen MR) is 106 cm³/mol. The van der Waals surface area contributed by atoms with Gasteiger partial charge in [0.2, 0.25) is 0 Å². The number of ether oxygens (including phenoxy) is 2. The fourth-order valence-corrected chi connectivity index (χ4v) is 4.10. The van der Waals surface area contributed by atoms with Crippen LogP contribution in [0.4, 0.5) is 0 Å². The number of thiazole rings is 1. The first-order valence-electron chi connectivity index (χ1n) is 8.80. The van der Waals surface area contributed by atoms with Crippen LogP contribution in [0.5, 0.6) is 11.5 Å².